The third kappa shape index (κ3) is 5.99. The summed E-state index contributed by atoms with van der Waals surface area (Å²) in [5.74, 6) is 0.845. The fourth-order valence-corrected chi connectivity index (χ4v) is 5.40. The Balaban J connectivity index is 1.32. The van der Waals surface area contributed by atoms with Crippen molar-refractivity contribution in [1.29, 1.82) is 0 Å². The molecule has 0 radical (unpaired) electrons. The Morgan fingerprint density at radius 2 is 1.82 bits per heavy atom. The van der Waals surface area contributed by atoms with Gasteiger partial charge in [0.25, 0.3) is 5.91 Å². The Bertz CT molecular complexity index is 1130. The summed E-state index contributed by atoms with van der Waals surface area (Å²) in [5, 5.41) is 7.30. The largest absolute Gasteiger partial charge is 0.358 e. The van der Waals surface area contributed by atoms with Crippen molar-refractivity contribution in [2.24, 2.45) is 5.92 Å². The summed E-state index contributed by atoms with van der Waals surface area (Å²) in [5.41, 5.74) is 5.19. The average molecular weight is 464 g/mol. The maximum absolute atomic E-state index is 12.9. The van der Waals surface area contributed by atoms with Crippen molar-refractivity contribution < 1.29 is 9.59 Å². The van der Waals surface area contributed by atoms with Crippen LogP contribution in [-0.4, -0.2) is 29.1 Å². The van der Waals surface area contributed by atoms with Crippen LogP contribution in [-0.2, 0) is 11.3 Å². The number of hydrogen-bond donors (Lipinski definition) is 3. The molecule has 3 N–H and O–H groups in total. The fourth-order valence-electron chi connectivity index (χ4n) is 4.52. The molecule has 4 rings (SSSR count). The van der Waals surface area contributed by atoms with E-state index in [1.807, 2.05) is 30.3 Å². The molecule has 0 spiro atoms. The second-order valence-corrected chi connectivity index (χ2v) is 10.0. The minimum absolute atomic E-state index is 0.0336. The van der Waals surface area contributed by atoms with Crippen molar-refractivity contribution in [3.63, 3.8) is 0 Å². The van der Waals surface area contributed by atoms with Crippen LogP contribution in [0.25, 0.3) is 10.9 Å². The lowest BCUT2D eigenvalue weighted by Crippen LogP contribution is -2.31. The topological polar surface area (TPSA) is 74.0 Å². The zero-order valence-electron chi connectivity index (χ0n) is 19.5. The van der Waals surface area contributed by atoms with E-state index in [1.54, 1.807) is 0 Å². The molecule has 1 saturated carbocycles. The summed E-state index contributed by atoms with van der Waals surface area (Å²) in [6.07, 6.45) is 6.30. The fraction of sp³-hybridized carbons (Fsp3) is 0.407. The third-order valence-electron chi connectivity index (χ3n) is 6.63. The molecule has 0 atom stereocenters. The van der Waals surface area contributed by atoms with Gasteiger partial charge in [0.15, 0.2) is 0 Å². The third-order valence-corrected chi connectivity index (χ3v) is 7.70. The molecule has 33 heavy (non-hydrogen) atoms. The molecule has 0 unspecified atom stereocenters. The predicted octanol–water partition coefficient (Wildman–Crippen LogP) is 5.50. The molecule has 0 aliphatic heterocycles. The maximum atomic E-state index is 12.9. The van der Waals surface area contributed by atoms with Gasteiger partial charge in [-0.2, -0.15) is 0 Å². The molecule has 1 aliphatic rings. The van der Waals surface area contributed by atoms with Gasteiger partial charge in [0.2, 0.25) is 5.91 Å². The first-order chi connectivity index (χ1) is 16.0. The molecule has 0 saturated heterocycles. The van der Waals surface area contributed by atoms with Crippen LogP contribution in [0, 0.1) is 19.8 Å². The molecule has 1 aliphatic carbocycles. The van der Waals surface area contributed by atoms with Crippen LogP contribution in [0.1, 0.15) is 59.3 Å². The molecular weight excluding hydrogens is 430 g/mol. The number of fused-ring (bicyclic) bond motifs is 1. The molecule has 5 nitrogen and oxygen atoms in total. The summed E-state index contributed by atoms with van der Waals surface area (Å²) in [4.78, 5) is 29.5. The minimum Gasteiger partial charge on any atom is -0.358 e. The first-order valence-corrected chi connectivity index (χ1v) is 12.8. The van der Waals surface area contributed by atoms with Crippen molar-refractivity contribution in [1.82, 2.24) is 15.6 Å². The van der Waals surface area contributed by atoms with Gasteiger partial charge >= 0.3 is 0 Å². The SMILES string of the molecule is Cc1[nH]c2ccc(CNC(=O)c3ccccc3SCC(=O)NCC3CCCCC3)cc2c1C. The monoisotopic (exact) mass is 463 g/mol. The van der Waals surface area contributed by atoms with Crippen LogP contribution in [0.2, 0.25) is 0 Å². The lowest BCUT2D eigenvalue weighted by molar-refractivity contribution is -0.118. The highest BCUT2D eigenvalue weighted by Gasteiger charge is 2.16. The number of amides is 2. The highest BCUT2D eigenvalue weighted by molar-refractivity contribution is 8.00. The van der Waals surface area contributed by atoms with E-state index in [0.717, 1.165) is 22.5 Å². The quantitative estimate of drug-likeness (QED) is 0.386. The molecule has 2 aromatic carbocycles. The summed E-state index contributed by atoms with van der Waals surface area (Å²) in [6.45, 7) is 5.41. The van der Waals surface area contributed by atoms with E-state index in [4.69, 9.17) is 0 Å². The van der Waals surface area contributed by atoms with Crippen molar-refractivity contribution >= 4 is 34.5 Å². The number of aromatic amines is 1. The number of rotatable bonds is 8. The molecular formula is C27H33N3O2S. The van der Waals surface area contributed by atoms with Gasteiger partial charge in [-0.25, -0.2) is 0 Å². The van der Waals surface area contributed by atoms with E-state index in [0.29, 0.717) is 23.8 Å². The van der Waals surface area contributed by atoms with Gasteiger partial charge in [-0.05, 0) is 68.0 Å². The molecule has 3 aromatic rings. The first-order valence-electron chi connectivity index (χ1n) is 11.9. The second kappa shape index (κ2) is 10.9. The highest BCUT2D eigenvalue weighted by Crippen LogP contribution is 2.25. The standard InChI is InChI=1S/C27H33N3O2S/c1-18-19(2)30-24-13-12-21(14-23(18)24)16-29-27(32)22-10-6-7-11-25(22)33-17-26(31)28-15-20-8-4-3-5-9-20/h6-7,10-14,20,30H,3-5,8-9,15-17H2,1-2H3,(H,28,31)(H,29,32). The Morgan fingerprint density at radius 3 is 2.64 bits per heavy atom. The van der Waals surface area contributed by atoms with Crippen molar-refractivity contribution in [2.45, 2.75) is 57.4 Å². The lowest BCUT2D eigenvalue weighted by atomic mass is 9.89. The zero-order valence-corrected chi connectivity index (χ0v) is 20.3. The van der Waals surface area contributed by atoms with Crippen LogP contribution >= 0.6 is 11.8 Å². The molecule has 0 bridgehead atoms. The number of nitrogens with one attached hydrogen (secondary N) is 3. The lowest BCUT2D eigenvalue weighted by Gasteiger charge is -2.21. The van der Waals surface area contributed by atoms with Crippen molar-refractivity contribution in [2.75, 3.05) is 12.3 Å². The first kappa shape index (κ1) is 23.4. The van der Waals surface area contributed by atoms with E-state index in [2.05, 4.69) is 41.6 Å². The molecule has 1 heterocycles. The highest BCUT2D eigenvalue weighted by atomic mass is 32.2. The Labute approximate surface area is 200 Å². The van der Waals surface area contributed by atoms with Gasteiger partial charge in [0, 0.05) is 34.6 Å². The molecule has 6 heteroatoms. The van der Waals surface area contributed by atoms with Crippen LogP contribution in [0.5, 0.6) is 0 Å². The number of thioether (sulfide) groups is 1. The molecule has 2 amide bonds. The van der Waals surface area contributed by atoms with E-state index in [9.17, 15) is 9.59 Å². The van der Waals surface area contributed by atoms with Crippen LogP contribution in [0.3, 0.4) is 0 Å². The normalized spacial score (nSPS) is 14.4. The van der Waals surface area contributed by atoms with Gasteiger partial charge in [-0.15, -0.1) is 11.8 Å². The number of benzene rings is 2. The van der Waals surface area contributed by atoms with Gasteiger partial charge in [-0.3, -0.25) is 9.59 Å². The van der Waals surface area contributed by atoms with Gasteiger partial charge < -0.3 is 15.6 Å². The second-order valence-electron chi connectivity index (χ2n) is 9.03. The van der Waals surface area contributed by atoms with Crippen molar-refractivity contribution in [3.05, 3.63) is 64.8 Å². The smallest absolute Gasteiger partial charge is 0.252 e. The summed E-state index contributed by atoms with van der Waals surface area (Å²) >= 11 is 1.42. The number of hydrogen-bond acceptors (Lipinski definition) is 3. The average Bonchev–Trinajstić information content (AvgIpc) is 3.13. The number of aryl methyl sites for hydroxylation is 2. The summed E-state index contributed by atoms with van der Waals surface area (Å²) in [6, 6.07) is 13.7. The Hall–Kier alpha value is -2.73. The minimum atomic E-state index is -0.122. The van der Waals surface area contributed by atoms with Gasteiger partial charge in [-0.1, -0.05) is 37.5 Å². The number of carbonyl (C=O) groups is 2. The van der Waals surface area contributed by atoms with E-state index < -0.39 is 0 Å². The molecule has 1 aromatic heterocycles. The Kier molecular flexibility index (Phi) is 7.76. The zero-order chi connectivity index (χ0) is 23.2. The maximum Gasteiger partial charge on any atom is 0.252 e. The summed E-state index contributed by atoms with van der Waals surface area (Å²) < 4.78 is 0. The van der Waals surface area contributed by atoms with E-state index in [-0.39, 0.29) is 11.8 Å². The van der Waals surface area contributed by atoms with E-state index >= 15 is 0 Å². The van der Waals surface area contributed by atoms with Crippen LogP contribution in [0.4, 0.5) is 0 Å². The number of H-pyrrole nitrogens is 1. The van der Waals surface area contributed by atoms with E-state index in [1.165, 1.54) is 60.5 Å². The van der Waals surface area contributed by atoms with Gasteiger partial charge in [0.05, 0.1) is 11.3 Å². The summed E-state index contributed by atoms with van der Waals surface area (Å²) in [7, 11) is 0. The number of carbonyl (C=O) groups excluding carboxylic acids is 2. The predicted molar refractivity (Wildman–Crippen MR) is 136 cm³/mol. The van der Waals surface area contributed by atoms with Gasteiger partial charge in [0.1, 0.15) is 0 Å². The van der Waals surface area contributed by atoms with Crippen LogP contribution < -0.4 is 10.6 Å². The Morgan fingerprint density at radius 1 is 1.03 bits per heavy atom. The number of aromatic nitrogens is 1. The molecule has 174 valence electrons. The van der Waals surface area contributed by atoms with Crippen molar-refractivity contribution in [3.8, 4) is 0 Å². The van der Waals surface area contributed by atoms with Crippen LogP contribution in [0.15, 0.2) is 47.4 Å². The molecule has 1 fully saturated rings.